The van der Waals surface area contributed by atoms with Crippen LogP contribution in [0, 0.1) is 18.6 Å². The van der Waals surface area contributed by atoms with Gasteiger partial charge in [-0.25, -0.2) is 13.8 Å². The average Bonchev–Trinajstić information content (AvgIpc) is 2.86. The van der Waals surface area contributed by atoms with Crippen LogP contribution in [0.1, 0.15) is 60.0 Å². The second kappa shape index (κ2) is 10.2. The lowest BCUT2D eigenvalue weighted by Crippen LogP contribution is -2.29. The van der Waals surface area contributed by atoms with Crippen molar-refractivity contribution in [2.75, 3.05) is 0 Å². The Kier molecular flexibility index (Phi) is 6.90. The largest absolute Gasteiger partial charge is 0.573 e. The highest BCUT2D eigenvalue weighted by Crippen LogP contribution is 2.41. The predicted molar refractivity (Wildman–Crippen MR) is 131 cm³/mol. The first kappa shape index (κ1) is 25.8. The fourth-order valence-electron chi connectivity index (χ4n) is 5.31. The number of rotatable bonds is 5. The molecule has 0 radical (unpaired) electrons. The molecule has 1 aliphatic rings. The van der Waals surface area contributed by atoms with Crippen molar-refractivity contribution in [2.45, 2.75) is 57.3 Å². The molecular weight excluding hydrogens is 505 g/mol. The van der Waals surface area contributed by atoms with Crippen LogP contribution in [0.4, 0.5) is 22.0 Å². The molecule has 0 saturated heterocycles. The van der Waals surface area contributed by atoms with Crippen LogP contribution in [0.15, 0.2) is 59.5 Å². The van der Waals surface area contributed by atoms with Crippen molar-refractivity contribution in [1.29, 1.82) is 0 Å². The third kappa shape index (κ3) is 5.25. The van der Waals surface area contributed by atoms with Crippen molar-refractivity contribution in [1.82, 2.24) is 14.5 Å². The van der Waals surface area contributed by atoms with E-state index in [2.05, 4.69) is 14.7 Å². The number of fused-ring (bicyclic) bond motifs is 1. The van der Waals surface area contributed by atoms with Gasteiger partial charge in [0.25, 0.3) is 5.56 Å². The number of aryl methyl sites for hydroxylation is 1. The lowest BCUT2D eigenvalue weighted by molar-refractivity contribution is -0.275. The molecule has 3 heterocycles. The van der Waals surface area contributed by atoms with Gasteiger partial charge in [-0.2, -0.15) is 0 Å². The molecule has 0 spiro atoms. The number of ether oxygens (including phenoxy) is 1. The molecule has 4 aromatic rings. The molecule has 0 aliphatic heterocycles. The van der Waals surface area contributed by atoms with E-state index in [1.807, 2.05) is 6.07 Å². The monoisotopic (exact) mass is 529 g/mol. The Hall–Kier alpha value is -3.82. The molecule has 1 saturated carbocycles. The minimum atomic E-state index is -4.92. The third-order valence-corrected chi connectivity index (χ3v) is 7.06. The van der Waals surface area contributed by atoms with E-state index in [1.165, 1.54) is 35.0 Å². The molecule has 0 unspecified atom stereocenters. The molecule has 0 amide bonds. The highest BCUT2D eigenvalue weighted by atomic mass is 19.4. The summed E-state index contributed by atoms with van der Waals surface area (Å²) >= 11 is 0. The normalized spacial score (nSPS) is 18.1. The van der Waals surface area contributed by atoms with Crippen LogP contribution in [0.5, 0.6) is 5.75 Å². The summed E-state index contributed by atoms with van der Waals surface area (Å²) in [6, 6.07) is 11.7. The zero-order valence-electron chi connectivity index (χ0n) is 20.4. The number of aromatic nitrogens is 3. The highest BCUT2D eigenvalue weighted by Gasteiger charge is 2.33. The van der Waals surface area contributed by atoms with E-state index >= 15 is 0 Å². The van der Waals surface area contributed by atoms with Crippen LogP contribution in [-0.4, -0.2) is 20.9 Å². The van der Waals surface area contributed by atoms with Gasteiger partial charge in [0, 0.05) is 28.4 Å². The van der Waals surface area contributed by atoms with Crippen molar-refractivity contribution >= 4 is 11.0 Å². The van der Waals surface area contributed by atoms with E-state index in [4.69, 9.17) is 0 Å². The van der Waals surface area contributed by atoms with Gasteiger partial charge in [-0.15, -0.1) is 13.2 Å². The van der Waals surface area contributed by atoms with E-state index in [1.54, 1.807) is 19.1 Å². The molecule has 0 bridgehead atoms. The number of pyridine rings is 3. The first-order valence-electron chi connectivity index (χ1n) is 12.3. The molecule has 1 aliphatic carbocycles. The fraction of sp³-hybridized carbons (Fsp3) is 0.321. The molecule has 0 atom stereocenters. The molecule has 198 valence electrons. The Balaban J connectivity index is 1.51. The first-order valence-corrected chi connectivity index (χ1v) is 12.3. The summed E-state index contributed by atoms with van der Waals surface area (Å²) in [6.45, 7) is 1.48. The maximum absolute atomic E-state index is 14.3. The number of hydrogen-bond acceptors (Lipinski definition) is 4. The number of halogens is 5. The second-order valence-corrected chi connectivity index (χ2v) is 9.54. The predicted octanol–water partition coefficient (Wildman–Crippen LogP) is 6.77. The minimum absolute atomic E-state index is 0.0626. The quantitative estimate of drug-likeness (QED) is 0.268. The molecule has 10 heteroatoms. The van der Waals surface area contributed by atoms with Crippen molar-refractivity contribution in [3.05, 3.63) is 99.2 Å². The SMILES string of the molecule is Cc1ccc2cc([C@H]3CC[C@H](c4c(F)cccc4F)CC3)c(=O)n(Cc3ncccc3OC(F)(F)F)c2n1. The Morgan fingerprint density at radius 3 is 2.34 bits per heavy atom. The van der Waals surface area contributed by atoms with Gasteiger partial charge in [0.2, 0.25) is 0 Å². The molecule has 1 fully saturated rings. The van der Waals surface area contributed by atoms with Crippen LogP contribution in [0.25, 0.3) is 11.0 Å². The number of alkyl halides is 3. The molecule has 5 rings (SSSR count). The zero-order valence-corrected chi connectivity index (χ0v) is 20.4. The zero-order chi connectivity index (χ0) is 27.0. The van der Waals surface area contributed by atoms with E-state index in [0.717, 1.165) is 6.07 Å². The van der Waals surface area contributed by atoms with Crippen molar-refractivity contribution in [2.24, 2.45) is 0 Å². The minimum Gasteiger partial charge on any atom is -0.404 e. The summed E-state index contributed by atoms with van der Waals surface area (Å²) in [5.41, 5.74) is 1.08. The van der Waals surface area contributed by atoms with Crippen LogP contribution >= 0.6 is 0 Å². The molecular formula is C28H24F5N3O2. The van der Waals surface area contributed by atoms with Gasteiger partial charge in [0.1, 0.15) is 23.0 Å². The Labute approximate surface area is 214 Å². The van der Waals surface area contributed by atoms with E-state index in [-0.39, 0.29) is 35.2 Å². The summed E-state index contributed by atoms with van der Waals surface area (Å²) in [7, 11) is 0. The molecule has 0 N–H and O–H groups in total. The highest BCUT2D eigenvalue weighted by molar-refractivity contribution is 5.76. The summed E-state index contributed by atoms with van der Waals surface area (Å²) in [5, 5.41) is 0.654. The number of nitrogens with zero attached hydrogens (tertiary/aromatic N) is 3. The fourth-order valence-corrected chi connectivity index (χ4v) is 5.31. The average molecular weight is 530 g/mol. The summed E-state index contributed by atoms with van der Waals surface area (Å²) in [5.74, 6) is -2.12. The van der Waals surface area contributed by atoms with Gasteiger partial charge in [-0.1, -0.05) is 6.07 Å². The maximum atomic E-state index is 14.3. The van der Waals surface area contributed by atoms with Crippen molar-refractivity contribution in [3.63, 3.8) is 0 Å². The van der Waals surface area contributed by atoms with Crippen LogP contribution in [0.3, 0.4) is 0 Å². The lowest BCUT2D eigenvalue weighted by atomic mass is 9.76. The Morgan fingerprint density at radius 1 is 0.974 bits per heavy atom. The number of hydrogen-bond donors (Lipinski definition) is 0. The van der Waals surface area contributed by atoms with Crippen LogP contribution in [0.2, 0.25) is 0 Å². The topological polar surface area (TPSA) is 57.0 Å². The summed E-state index contributed by atoms with van der Waals surface area (Å²) in [6.07, 6.45) is -1.53. The van der Waals surface area contributed by atoms with Gasteiger partial charge in [-0.05, 0) is 86.9 Å². The van der Waals surface area contributed by atoms with E-state index in [0.29, 0.717) is 48.0 Å². The van der Waals surface area contributed by atoms with Gasteiger partial charge in [-0.3, -0.25) is 14.3 Å². The number of benzene rings is 1. The van der Waals surface area contributed by atoms with Crippen LogP contribution in [-0.2, 0) is 6.54 Å². The standard InChI is InChI=1S/C28H24F5N3O2/c1-16-7-8-19-14-20(17-9-11-18(12-10-17)25-21(29)4-2-5-22(25)30)27(37)36(26(19)35-16)15-23-24(6-3-13-34-23)38-28(31,32)33/h2-8,13-14,17-18H,9-12,15H2,1H3/t17-,18-. The van der Waals surface area contributed by atoms with Gasteiger partial charge in [0.05, 0.1) is 6.54 Å². The van der Waals surface area contributed by atoms with E-state index < -0.39 is 23.7 Å². The lowest BCUT2D eigenvalue weighted by Gasteiger charge is -2.29. The van der Waals surface area contributed by atoms with Gasteiger partial charge >= 0.3 is 6.36 Å². The Morgan fingerprint density at radius 2 is 1.66 bits per heavy atom. The van der Waals surface area contributed by atoms with Gasteiger partial charge < -0.3 is 4.74 Å². The van der Waals surface area contributed by atoms with Gasteiger partial charge in [0.15, 0.2) is 5.75 Å². The summed E-state index contributed by atoms with van der Waals surface area (Å²) in [4.78, 5) is 22.3. The molecule has 3 aromatic heterocycles. The van der Waals surface area contributed by atoms with Crippen molar-refractivity contribution < 1.29 is 26.7 Å². The van der Waals surface area contributed by atoms with Crippen molar-refractivity contribution in [3.8, 4) is 5.75 Å². The smallest absolute Gasteiger partial charge is 0.404 e. The molecule has 5 nitrogen and oxygen atoms in total. The first-order chi connectivity index (χ1) is 18.1. The van der Waals surface area contributed by atoms with E-state index in [9.17, 15) is 26.7 Å². The molecule has 1 aromatic carbocycles. The summed E-state index contributed by atoms with van der Waals surface area (Å²) < 4.78 is 73.1. The Bertz CT molecular complexity index is 1520. The maximum Gasteiger partial charge on any atom is 0.573 e. The molecule has 38 heavy (non-hydrogen) atoms. The van der Waals surface area contributed by atoms with Crippen LogP contribution < -0.4 is 10.3 Å². The second-order valence-electron chi connectivity index (χ2n) is 9.54. The third-order valence-electron chi connectivity index (χ3n) is 7.06.